The van der Waals surface area contributed by atoms with Crippen molar-refractivity contribution in [3.63, 3.8) is 0 Å². The summed E-state index contributed by atoms with van der Waals surface area (Å²) in [5, 5.41) is 0.980. The molecule has 36 heavy (non-hydrogen) atoms. The van der Waals surface area contributed by atoms with Gasteiger partial charge in [0.25, 0.3) is 0 Å². The van der Waals surface area contributed by atoms with Crippen molar-refractivity contribution in [2.24, 2.45) is 0 Å². The Kier molecular flexibility index (Phi) is 7.29. The van der Waals surface area contributed by atoms with Gasteiger partial charge in [0, 0.05) is 49.5 Å². The molecule has 0 atom stereocenters. The van der Waals surface area contributed by atoms with Gasteiger partial charge in [-0.2, -0.15) is 13.2 Å². The van der Waals surface area contributed by atoms with E-state index in [2.05, 4.69) is 41.8 Å². The van der Waals surface area contributed by atoms with E-state index in [9.17, 15) is 13.2 Å². The smallest absolute Gasteiger partial charge is 0.416 e. The summed E-state index contributed by atoms with van der Waals surface area (Å²) in [6, 6.07) is 17.2. The van der Waals surface area contributed by atoms with Gasteiger partial charge in [-0.1, -0.05) is 44.0 Å². The van der Waals surface area contributed by atoms with E-state index in [0.29, 0.717) is 11.8 Å². The Morgan fingerprint density at radius 3 is 2.22 bits per heavy atom. The van der Waals surface area contributed by atoms with Gasteiger partial charge in [-0.05, 0) is 48.0 Å². The molecule has 5 nitrogen and oxygen atoms in total. The zero-order valence-electron chi connectivity index (χ0n) is 18.5. The molecule has 11 heteroatoms. The van der Waals surface area contributed by atoms with Crippen LogP contribution in [-0.2, 0) is 16.3 Å². The molecule has 2 heterocycles. The van der Waals surface area contributed by atoms with Crippen LogP contribution < -0.4 is 4.99 Å². The second-order valence-electron chi connectivity index (χ2n) is 7.94. The van der Waals surface area contributed by atoms with E-state index < -0.39 is 21.9 Å². The molecule has 0 aliphatic carbocycles. The first-order valence-electron chi connectivity index (χ1n) is 10.3. The number of fused-ring (bicyclic) bond motifs is 2. The maximum atomic E-state index is 13.1. The highest BCUT2D eigenvalue weighted by molar-refractivity contribution is 9.10. The molecule has 3 aromatic carbocycles. The summed E-state index contributed by atoms with van der Waals surface area (Å²) in [6.45, 7) is 0. The molecule has 0 spiro atoms. The quantitative estimate of drug-likeness (QED) is 0.278. The summed E-state index contributed by atoms with van der Waals surface area (Å²) in [5.41, 5.74) is 5.59. The Labute approximate surface area is 221 Å². The molecule has 1 aromatic heterocycles. The number of aromatic nitrogens is 1. The third kappa shape index (κ3) is 5.97. The van der Waals surface area contributed by atoms with Gasteiger partial charge in [-0.15, -0.1) is 0 Å². The van der Waals surface area contributed by atoms with Crippen LogP contribution in [0.25, 0.3) is 22.0 Å². The van der Waals surface area contributed by atoms with Crippen LogP contribution in [0.5, 0.6) is 0 Å². The summed E-state index contributed by atoms with van der Waals surface area (Å²) in [5.74, 6) is 0. The van der Waals surface area contributed by atoms with Crippen LogP contribution in [0, 0.1) is 0 Å². The fourth-order valence-electron chi connectivity index (χ4n) is 3.88. The summed E-state index contributed by atoms with van der Waals surface area (Å²) in [4.78, 5) is 6.56. The van der Waals surface area contributed by atoms with Crippen molar-refractivity contribution in [1.82, 2.24) is 4.98 Å². The van der Waals surface area contributed by atoms with Gasteiger partial charge in [0.15, 0.2) is 6.21 Å². The maximum Gasteiger partial charge on any atom is 0.416 e. The van der Waals surface area contributed by atoms with Crippen molar-refractivity contribution < 1.29 is 31.1 Å². The summed E-state index contributed by atoms with van der Waals surface area (Å²) in [7, 11) is -3.92. The van der Waals surface area contributed by atoms with Gasteiger partial charge in [0.2, 0.25) is 5.69 Å². The number of alkyl halides is 3. The molecule has 1 aliphatic heterocycles. The highest BCUT2D eigenvalue weighted by Gasteiger charge is 2.31. The van der Waals surface area contributed by atoms with Crippen molar-refractivity contribution in [3.8, 4) is 0 Å². The number of aromatic amines is 1. The summed E-state index contributed by atoms with van der Waals surface area (Å²) >= 11 is 7.05. The molecule has 0 saturated heterocycles. The Morgan fingerprint density at radius 2 is 1.58 bits per heavy atom. The number of benzene rings is 3. The van der Waals surface area contributed by atoms with E-state index >= 15 is 0 Å². The highest BCUT2D eigenvalue weighted by atomic mass is 79.9. The van der Waals surface area contributed by atoms with Crippen LogP contribution in [-0.4, -0.2) is 30.4 Å². The van der Waals surface area contributed by atoms with Gasteiger partial charge in [-0.25, -0.2) is 13.4 Å². The second-order valence-corrected chi connectivity index (χ2v) is 11.2. The molecule has 2 N–H and O–H groups in total. The second kappa shape index (κ2) is 9.97. The molecule has 5 rings (SSSR count). The van der Waals surface area contributed by atoms with Gasteiger partial charge in [0.05, 0.1) is 26.8 Å². The average molecular weight is 642 g/mol. The van der Waals surface area contributed by atoms with Crippen LogP contribution >= 0.6 is 31.9 Å². The van der Waals surface area contributed by atoms with Crippen molar-refractivity contribution >= 4 is 75.9 Å². The molecule has 0 amide bonds. The van der Waals surface area contributed by atoms with Gasteiger partial charge in [-0.3, -0.25) is 0 Å². The monoisotopic (exact) mass is 640 g/mol. The Morgan fingerprint density at radius 1 is 0.972 bits per heavy atom. The fourth-order valence-corrected chi connectivity index (χ4v) is 4.60. The minimum atomic E-state index is -4.38. The van der Waals surface area contributed by atoms with E-state index in [0.717, 1.165) is 59.9 Å². The highest BCUT2D eigenvalue weighted by Crippen LogP contribution is 2.40. The zero-order chi connectivity index (χ0) is 26.3. The number of allylic oxidation sites excluding steroid dienone is 1. The van der Waals surface area contributed by atoms with Gasteiger partial charge >= 0.3 is 6.18 Å². The van der Waals surface area contributed by atoms with Crippen molar-refractivity contribution in [1.29, 1.82) is 0 Å². The molecule has 0 fully saturated rings. The minimum Gasteiger partial charge on any atom is -0.748 e. The minimum absolute atomic E-state index is 0.604. The SMILES string of the molecule is CS(=O)(=O)[O-].FC(F)(F)c1ccc(C(=C2C=[NH+]c3ccc(Br)cc32)c2c[nH]c3ccc(Br)cc23)cc1. The molecule has 186 valence electrons. The average Bonchev–Trinajstić information content (AvgIpc) is 3.37. The van der Waals surface area contributed by atoms with Crippen molar-refractivity contribution in [2.45, 2.75) is 6.18 Å². The molecule has 0 bridgehead atoms. The van der Waals surface area contributed by atoms with Crippen LogP contribution in [0.1, 0.15) is 22.3 Å². The number of nitrogens with one attached hydrogen (secondary N) is 2. The summed E-state index contributed by atoms with van der Waals surface area (Å²) in [6.07, 6.45) is 0.0326. The predicted molar refractivity (Wildman–Crippen MR) is 140 cm³/mol. The van der Waals surface area contributed by atoms with Crippen molar-refractivity contribution in [3.05, 3.63) is 98.1 Å². The third-order valence-corrected chi connectivity index (χ3v) is 6.31. The third-order valence-electron chi connectivity index (χ3n) is 5.33. The Bertz CT molecular complexity index is 1620. The molecule has 4 aromatic rings. The molecular formula is C25H17Br2F3N2O3S. The van der Waals surface area contributed by atoms with E-state index in [-0.39, 0.29) is 0 Å². The fraction of sp³-hybridized carbons (Fsp3) is 0.0800. The maximum absolute atomic E-state index is 13.1. The lowest BCUT2D eigenvalue weighted by Crippen LogP contribution is -2.58. The van der Waals surface area contributed by atoms with Crippen LogP contribution in [0.15, 0.2) is 75.8 Å². The largest absolute Gasteiger partial charge is 0.748 e. The lowest BCUT2D eigenvalue weighted by Gasteiger charge is -2.12. The van der Waals surface area contributed by atoms with Gasteiger partial charge in [0.1, 0.15) is 0 Å². The van der Waals surface area contributed by atoms with Gasteiger partial charge < -0.3 is 9.54 Å². The number of hydrogen-bond donors (Lipinski definition) is 2. The standard InChI is InChI=1S/C24H13Br2F3N2.CH4O3S/c25-15-5-7-21-17(9-15)19(11-30-21)23(13-1-3-14(4-2-13)24(27,28)29)20-12-31-22-8-6-16(26)10-18(20)22;1-5(2,3)4/h1-12,30H;1H3,(H,2,3,4). The molecule has 0 saturated carbocycles. The molecular weight excluding hydrogens is 625 g/mol. The number of H-pyrrole nitrogens is 1. The first-order valence-corrected chi connectivity index (χ1v) is 13.7. The summed E-state index contributed by atoms with van der Waals surface area (Å²) < 4.78 is 68.5. The molecule has 0 unspecified atom stereocenters. The first kappa shape index (κ1) is 26.3. The normalized spacial score (nSPS) is 14.4. The first-order chi connectivity index (χ1) is 16.8. The van der Waals surface area contributed by atoms with E-state index in [1.807, 2.05) is 48.8 Å². The Balaban J connectivity index is 0.000000556. The number of rotatable bonds is 2. The zero-order valence-corrected chi connectivity index (χ0v) is 22.4. The van der Waals surface area contributed by atoms with Crippen molar-refractivity contribution in [2.75, 3.05) is 6.26 Å². The number of halogens is 5. The topological polar surface area (TPSA) is 87.0 Å². The van der Waals surface area contributed by atoms with Crippen LogP contribution in [0.3, 0.4) is 0 Å². The van der Waals surface area contributed by atoms with E-state index in [1.54, 1.807) is 0 Å². The molecule has 0 radical (unpaired) electrons. The lowest BCUT2D eigenvalue weighted by atomic mass is 9.89. The van der Waals surface area contributed by atoms with E-state index in [4.69, 9.17) is 13.0 Å². The predicted octanol–water partition coefficient (Wildman–Crippen LogP) is 5.63. The Hall–Kier alpha value is -2.73. The van der Waals surface area contributed by atoms with Crippen LogP contribution in [0.2, 0.25) is 0 Å². The number of hydrogen-bond acceptors (Lipinski definition) is 3. The van der Waals surface area contributed by atoms with E-state index in [1.165, 1.54) is 12.1 Å². The molecule has 1 aliphatic rings. The van der Waals surface area contributed by atoms with Crippen LogP contribution in [0.4, 0.5) is 18.9 Å². The lowest BCUT2D eigenvalue weighted by molar-refractivity contribution is -0.342.